The van der Waals surface area contributed by atoms with Gasteiger partial charge in [-0.1, -0.05) is 0 Å². The van der Waals surface area contributed by atoms with Gasteiger partial charge in [0.05, 0.1) is 10.6 Å². The first-order valence-electron chi connectivity index (χ1n) is 4.97. The lowest BCUT2D eigenvalue weighted by atomic mass is 10.2. The number of carbonyl (C=O) groups is 1. The fraction of sp³-hybridized carbons (Fsp3) is 0.444. The van der Waals surface area contributed by atoms with Crippen LogP contribution in [-0.4, -0.2) is 37.9 Å². The molecule has 1 aliphatic heterocycles. The topological polar surface area (TPSA) is 122 Å². The molecule has 0 aliphatic carbocycles. The molecule has 0 bridgehead atoms. The van der Waals surface area contributed by atoms with Gasteiger partial charge < -0.3 is 14.9 Å². The molecule has 0 unspecified atom stereocenters. The van der Waals surface area contributed by atoms with E-state index in [1.165, 1.54) is 6.20 Å². The Morgan fingerprint density at radius 3 is 2.78 bits per heavy atom. The minimum Gasteiger partial charge on any atom is -0.479 e. The van der Waals surface area contributed by atoms with Gasteiger partial charge >= 0.3 is 11.7 Å². The zero-order chi connectivity index (χ0) is 13.4. The maximum Gasteiger partial charge on any atom is 0.335 e. The third-order valence-electron chi connectivity index (χ3n) is 2.57. The highest BCUT2D eigenvalue weighted by atomic mass is 79.9. The Kier molecular flexibility index (Phi) is 3.37. The second kappa shape index (κ2) is 4.67. The number of hydrogen-bond donors (Lipinski definition) is 3. The van der Waals surface area contributed by atoms with Gasteiger partial charge in [0.1, 0.15) is 6.23 Å². The number of aliphatic hydroxyl groups is 1. The largest absolute Gasteiger partial charge is 0.479 e. The Balaban J connectivity index is 2.35. The van der Waals surface area contributed by atoms with E-state index >= 15 is 0 Å². The number of aromatic amines is 1. The van der Waals surface area contributed by atoms with E-state index in [1.54, 1.807) is 0 Å². The minimum absolute atomic E-state index is 0.0463. The molecule has 0 saturated carbocycles. The summed E-state index contributed by atoms with van der Waals surface area (Å²) in [4.78, 5) is 35.5. The van der Waals surface area contributed by atoms with Crippen LogP contribution >= 0.6 is 15.9 Å². The van der Waals surface area contributed by atoms with Crippen molar-refractivity contribution < 1.29 is 19.7 Å². The number of aromatic nitrogens is 2. The van der Waals surface area contributed by atoms with Crippen molar-refractivity contribution in [3.8, 4) is 0 Å². The van der Waals surface area contributed by atoms with Crippen molar-refractivity contribution in [1.29, 1.82) is 0 Å². The van der Waals surface area contributed by atoms with Crippen LogP contribution in [0.15, 0.2) is 20.3 Å². The van der Waals surface area contributed by atoms with Crippen LogP contribution in [0.3, 0.4) is 0 Å². The second-order valence-corrected chi connectivity index (χ2v) is 4.65. The number of carboxylic acids is 1. The molecular weight excluding hydrogens is 312 g/mol. The van der Waals surface area contributed by atoms with Gasteiger partial charge in [0.2, 0.25) is 0 Å². The first-order chi connectivity index (χ1) is 8.40. The molecular formula is C9H9BrN2O6. The molecule has 0 radical (unpaired) electrons. The molecule has 2 heterocycles. The van der Waals surface area contributed by atoms with E-state index in [1.807, 2.05) is 4.98 Å². The quantitative estimate of drug-likeness (QED) is 0.644. The number of H-pyrrole nitrogens is 1. The van der Waals surface area contributed by atoms with Crippen molar-refractivity contribution >= 4 is 21.9 Å². The van der Waals surface area contributed by atoms with Crippen molar-refractivity contribution in [2.45, 2.75) is 24.9 Å². The van der Waals surface area contributed by atoms with Crippen LogP contribution < -0.4 is 11.2 Å². The molecule has 98 valence electrons. The van der Waals surface area contributed by atoms with E-state index in [9.17, 15) is 19.5 Å². The van der Waals surface area contributed by atoms with Crippen LogP contribution in [0.5, 0.6) is 0 Å². The number of hydrogen-bond acceptors (Lipinski definition) is 5. The van der Waals surface area contributed by atoms with Crippen LogP contribution in [0.25, 0.3) is 0 Å². The standard InChI is InChI=1S/C9H9BrN2O6/c10-3-2-12(9(17)11-7(3)14)5-1-4(13)6(18-5)8(15)16/h2,4-6,13H,1H2,(H,15,16)(H,11,14,17)/t4-,5+,6-/m0/s1. The molecule has 1 aliphatic rings. The number of halogens is 1. The summed E-state index contributed by atoms with van der Waals surface area (Å²) in [5, 5.41) is 18.3. The Morgan fingerprint density at radius 1 is 1.56 bits per heavy atom. The molecule has 0 spiro atoms. The number of nitrogens with one attached hydrogen (secondary N) is 1. The summed E-state index contributed by atoms with van der Waals surface area (Å²) in [6.07, 6.45) is -2.36. The lowest BCUT2D eigenvalue weighted by Gasteiger charge is -2.13. The SMILES string of the molecule is O=C(O)[C@H]1O[C@@H](n2cc(Br)c(=O)[nH]c2=O)C[C@@H]1O. The summed E-state index contributed by atoms with van der Waals surface area (Å²) in [6.45, 7) is 0. The molecule has 1 saturated heterocycles. The summed E-state index contributed by atoms with van der Waals surface area (Å²) in [5.41, 5.74) is -1.32. The van der Waals surface area contributed by atoms with Crippen LogP contribution in [0, 0.1) is 0 Å². The second-order valence-electron chi connectivity index (χ2n) is 3.80. The summed E-state index contributed by atoms with van der Waals surface area (Å²) in [7, 11) is 0. The number of rotatable bonds is 2. The average Bonchev–Trinajstić information content (AvgIpc) is 2.65. The van der Waals surface area contributed by atoms with Gasteiger partial charge in [-0.15, -0.1) is 0 Å². The Bertz CT molecular complexity index is 593. The minimum atomic E-state index is -1.38. The first-order valence-corrected chi connectivity index (χ1v) is 5.76. The summed E-state index contributed by atoms with van der Waals surface area (Å²) in [5.74, 6) is -1.30. The van der Waals surface area contributed by atoms with Gasteiger partial charge in [-0.2, -0.15) is 0 Å². The van der Waals surface area contributed by atoms with Crippen molar-refractivity contribution in [3.63, 3.8) is 0 Å². The average molecular weight is 321 g/mol. The van der Waals surface area contributed by atoms with E-state index in [2.05, 4.69) is 15.9 Å². The predicted molar refractivity (Wildman–Crippen MR) is 61.2 cm³/mol. The summed E-state index contributed by atoms with van der Waals surface area (Å²) >= 11 is 2.95. The number of carboxylic acid groups (broad SMARTS) is 1. The summed E-state index contributed by atoms with van der Waals surface area (Å²) < 4.78 is 6.20. The number of ether oxygens (including phenoxy) is 1. The van der Waals surface area contributed by atoms with E-state index in [4.69, 9.17) is 9.84 Å². The summed E-state index contributed by atoms with van der Waals surface area (Å²) in [6, 6.07) is 0. The zero-order valence-electron chi connectivity index (χ0n) is 8.87. The Morgan fingerprint density at radius 2 is 2.22 bits per heavy atom. The maximum atomic E-state index is 11.5. The van der Waals surface area contributed by atoms with Crippen molar-refractivity contribution in [1.82, 2.24) is 9.55 Å². The molecule has 8 nitrogen and oxygen atoms in total. The van der Waals surface area contributed by atoms with Gasteiger partial charge in [-0.25, -0.2) is 9.59 Å². The maximum absolute atomic E-state index is 11.5. The smallest absolute Gasteiger partial charge is 0.335 e. The van der Waals surface area contributed by atoms with Gasteiger partial charge in [-0.05, 0) is 15.9 Å². The van der Waals surface area contributed by atoms with Gasteiger partial charge in [0.15, 0.2) is 6.10 Å². The molecule has 3 atom stereocenters. The molecule has 1 fully saturated rings. The highest BCUT2D eigenvalue weighted by Gasteiger charge is 2.40. The lowest BCUT2D eigenvalue weighted by molar-refractivity contribution is -0.155. The van der Waals surface area contributed by atoms with E-state index in [0.29, 0.717) is 0 Å². The Hall–Kier alpha value is -1.45. The highest BCUT2D eigenvalue weighted by molar-refractivity contribution is 9.10. The monoisotopic (exact) mass is 320 g/mol. The fourth-order valence-corrected chi connectivity index (χ4v) is 2.04. The van der Waals surface area contributed by atoms with Crippen LogP contribution in [-0.2, 0) is 9.53 Å². The third-order valence-corrected chi connectivity index (χ3v) is 3.14. The molecule has 0 aromatic carbocycles. The van der Waals surface area contributed by atoms with Gasteiger partial charge in [0.25, 0.3) is 5.56 Å². The normalized spacial score (nSPS) is 27.3. The first kappa shape index (κ1) is 13.0. The van der Waals surface area contributed by atoms with Crippen molar-refractivity contribution in [2.24, 2.45) is 0 Å². The van der Waals surface area contributed by atoms with Crippen molar-refractivity contribution in [3.05, 3.63) is 31.5 Å². The molecule has 1 aromatic heterocycles. The molecule has 9 heteroatoms. The van der Waals surface area contributed by atoms with Crippen LogP contribution in [0.4, 0.5) is 0 Å². The molecule has 0 amide bonds. The van der Waals surface area contributed by atoms with Crippen molar-refractivity contribution in [2.75, 3.05) is 0 Å². The van der Waals surface area contributed by atoms with E-state index in [-0.39, 0.29) is 10.9 Å². The van der Waals surface area contributed by atoms with E-state index in [0.717, 1.165) is 4.57 Å². The Labute approximate surface area is 108 Å². The molecule has 1 aromatic rings. The molecule has 18 heavy (non-hydrogen) atoms. The third kappa shape index (κ3) is 2.24. The molecule has 3 N–H and O–H groups in total. The van der Waals surface area contributed by atoms with Gasteiger partial charge in [0, 0.05) is 12.6 Å². The van der Waals surface area contributed by atoms with Crippen LogP contribution in [0.1, 0.15) is 12.6 Å². The van der Waals surface area contributed by atoms with Gasteiger partial charge in [-0.3, -0.25) is 14.3 Å². The number of aliphatic carboxylic acids is 1. The predicted octanol–water partition coefficient (Wildman–Crippen LogP) is -0.968. The van der Waals surface area contributed by atoms with Crippen LogP contribution in [0.2, 0.25) is 0 Å². The fourth-order valence-electron chi connectivity index (χ4n) is 1.72. The number of nitrogens with zero attached hydrogens (tertiary/aromatic N) is 1. The lowest BCUT2D eigenvalue weighted by Crippen LogP contribution is -2.33. The molecule has 2 rings (SSSR count). The highest BCUT2D eigenvalue weighted by Crippen LogP contribution is 2.27. The zero-order valence-corrected chi connectivity index (χ0v) is 10.5. The number of aliphatic hydroxyl groups excluding tert-OH is 1. The van der Waals surface area contributed by atoms with E-state index < -0.39 is 35.7 Å².